The van der Waals surface area contributed by atoms with Crippen LogP contribution in [0.5, 0.6) is 0 Å². The van der Waals surface area contributed by atoms with Gasteiger partial charge in [0.25, 0.3) is 0 Å². The molecule has 6 heteroatoms. The standard InChI is InChI=1S/C17H17N3OS2/c18-9-14-13-3-1-2-4-15(13)23-17(14)20-16(21)10-22-12-7-5-11(19)6-8-12/h5-8H,1-4,10,19H2,(H,20,21). The summed E-state index contributed by atoms with van der Waals surface area (Å²) < 4.78 is 0. The molecule has 23 heavy (non-hydrogen) atoms. The maximum Gasteiger partial charge on any atom is 0.235 e. The van der Waals surface area contributed by atoms with E-state index in [1.54, 1.807) is 11.3 Å². The lowest BCUT2D eigenvalue weighted by Gasteiger charge is -2.09. The second-order valence-electron chi connectivity index (χ2n) is 5.43. The molecule has 3 rings (SSSR count). The summed E-state index contributed by atoms with van der Waals surface area (Å²) in [6.45, 7) is 0. The minimum Gasteiger partial charge on any atom is -0.399 e. The normalized spacial score (nSPS) is 13.2. The number of carbonyl (C=O) groups excluding carboxylic acids is 1. The van der Waals surface area contributed by atoms with Crippen LogP contribution < -0.4 is 11.1 Å². The van der Waals surface area contributed by atoms with E-state index in [4.69, 9.17) is 5.73 Å². The zero-order chi connectivity index (χ0) is 16.2. The van der Waals surface area contributed by atoms with Crippen LogP contribution >= 0.6 is 23.1 Å². The van der Waals surface area contributed by atoms with E-state index < -0.39 is 0 Å². The number of nitrogens with two attached hydrogens (primary N) is 1. The molecule has 1 aliphatic carbocycles. The quantitative estimate of drug-likeness (QED) is 0.653. The molecule has 1 aromatic heterocycles. The molecule has 0 atom stereocenters. The molecule has 4 nitrogen and oxygen atoms in total. The van der Waals surface area contributed by atoms with E-state index in [-0.39, 0.29) is 5.91 Å². The molecule has 0 unspecified atom stereocenters. The van der Waals surface area contributed by atoms with Gasteiger partial charge in [0, 0.05) is 15.5 Å². The summed E-state index contributed by atoms with van der Waals surface area (Å²) in [7, 11) is 0. The summed E-state index contributed by atoms with van der Waals surface area (Å²) in [4.78, 5) is 14.4. The van der Waals surface area contributed by atoms with Gasteiger partial charge in [-0.1, -0.05) is 0 Å². The molecule has 3 N–H and O–H groups in total. The first kappa shape index (κ1) is 15.9. The number of rotatable bonds is 4. The summed E-state index contributed by atoms with van der Waals surface area (Å²) in [5.74, 6) is 0.235. The predicted octanol–water partition coefficient (Wildman–Crippen LogP) is 3.81. The third-order valence-electron chi connectivity index (χ3n) is 3.79. The fraction of sp³-hybridized carbons (Fsp3) is 0.294. The Hall–Kier alpha value is -1.97. The Morgan fingerprint density at radius 1 is 1.30 bits per heavy atom. The van der Waals surface area contributed by atoms with Gasteiger partial charge in [-0.2, -0.15) is 5.26 Å². The van der Waals surface area contributed by atoms with Gasteiger partial charge in [-0.05, 0) is 55.5 Å². The van der Waals surface area contributed by atoms with Gasteiger partial charge < -0.3 is 11.1 Å². The number of amides is 1. The number of benzene rings is 1. The summed E-state index contributed by atoms with van der Waals surface area (Å²) in [6.07, 6.45) is 4.26. The van der Waals surface area contributed by atoms with Crippen LogP contribution in [0.1, 0.15) is 28.8 Å². The fourth-order valence-corrected chi connectivity index (χ4v) is 4.60. The molecule has 0 bridgehead atoms. The highest BCUT2D eigenvalue weighted by atomic mass is 32.2. The van der Waals surface area contributed by atoms with E-state index >= 15 is 0 Å². The molecule has 0 saturated heterocycles. The highest BCUT2D eigenvalue weighted by Crippen LogP contribution is 2.37. The van der Waals surface area contributed by atoms with Gasteiger partial charge >= 0.3 is 0 Å². The summed E-state index contributed by atoms with van der Waals surface area (Å²) in [5.41, 5.74) is 8.16. The molecule has 118 valence electrons. The first-order chi connectivity index (χ1) is 11.2. The van der Waals surface area contributed by atoms with Crippen molar-refractivity contribution in [2.45, 2.75) is 30.6 Å². The molecule has 0 fully saturated rings. The van der Waals surface area contributed by atoms with Crippen molar-refractivity contribution in [3.63, 3.8) is 0 Å². The number of nitriles is 1. The van der Waals surface area contributed by atoms with Crippen molar-refractivity contribution in [1.82, 2.24) is 0 Å². The van der Waals surface area contributed by atoms with E-state index in [1.807, 2.05) is 24.3 Å². The van der Waals surface area contributed by atoms with Crippen molar-refractivity contribution >= 4 is 39.7 Å². The third kappa shape index (κ3) is 3.69. The number of anilines is 2. The number of thioether (sulfide) groups is 1. The Balaban J connectivity index is 1.65. The van der Waals surface area contributed by atoms with Gasteiger partial charge in [0.2, 0.25) is 5.91 Å². The Bertz CT molecular complexity index is 759. The maximum atomic E-state index is 12.2. The molecule has 1 heterocycles. The Morgan fingerprint density at radius 3 is 2.78 bits per heavy atom. The maximum absolute atomic E-state index is 12.2. The minimum absolute atomic E-state index is 0.0816. The first-order valence-corrected chi connectivity index (χ1v) is 9.30. The molecule has 0 radical (unpaired) electrons. The van der Waals surface area contributed by atoms with Crippen LogP contribution in [0.4, 0.5) is 10.7 Å². The number of nitrogens with one attached hydrogen (secondary N) is 1. The third-order valence-corrected chi connectivity index (χ3v) is 6.01. The molecule has 2 aromatic rings. The SMILES string of the molecule is N#Cc1c(NC(=O)CSc2ccc(N)cc2)sc2c1CCCC2. The lowest BCUT2D eigenvalue weighted by molar-refractivity contribution is -0.113. The van der Waals surface area contributed by atoms with E-state index in [1.165, 1.54) is 23.1 Å². The predicted molar refractivity (Wildman–Crippen MR) is 95.9 cm³/mol. The number of nitrogen functional groups attached to an aromatic ring is 1. The number of thiophene rings is 1. The van der Waals surface area contributed by atoms with Gasteiger partial charge in [-0.25, -0.2) is 0 Å². The Kier molecular flexibility index (Phi) is 4.89. The highest BCUT2D eigenvalue weighted by Gasteiger charge is 2.21. The lowest BCUT2D eigenvalue weighted by Crippen LogP contribution is -2.14. The van der Waals surface area contributed by atoms with Gasteiger partial charge in [0.15, 0.2) is 0 Å². The van der Waals surface area contributed by atoms with Crippen LogP contribution in [0.2, 0.25) is 0 Å². The average Bonchev–Trinajstić information content (AvgIpc) is 2.91. The van der Waals surface area contributed by atoms with E-state index in [0.29, 0.717) is 22.0 Å². The van der Waals surface area contributed by atoms with Crippen LogP contribution in [0.25, 0.3) is 0 Å². The van der Waals surface area contributed by atoms with Crippen LogP contribution in [0.3, 0.4) is 0 Å². The van der Waals surface area contributed by atoms with Gasteiger partial charge in [-0.3, -0.25) is 4.79 Å². The lowest BCUT2D eigenvalue weighted by atomic mass is 9.96. The summed E-state index contributed by atoms with van der Waals surface area (Å²) in [5, 5.41) is 13.0. The van der Waals surface area contributed by atoms with Crippen LogP contribution in [-0.2, 0) is 17.6 Å². The van der Waals surface area contributed by atoms with E-state index in [9.17, 15) is 10.1 Å². The molecular formula is C17H17N3OS2. The van der Waals surface area contributed by atoms with Gasteiger partial charge in [0.1, 0.15) is 11.1 Å². The first-order valence-electron chi connectivity index (χ1n) is 7.50. The molecule has 0 aliphatic heterocycles. The molecule has 0 saturated carbocycles. The topological polar surface area (TPSA) is 78.9 Å². The second kappa shape index (κ2) is 7.07. The van der Waals surface area contributed by atoms with Crippen molar-refractivity contribution in [2.24, 2.45) is 0 Å². The van der Waals surface area contributed by atoms with Crippen molar-refractivity contribution in [1.29, 1.82) is 5.26 Å². The van der Waals surface area contributed by atoms with E-state index in [2.05, 4.69) is 11.4 Å². The smallest absolute Gasteiger partial charge is 0.235 e. The van der Waals surface area contributed by atoms with Crippen LogP contribution in [-0.4, -0.2) is 11.7 Å². The molecular weight excluding hydrogens is 326 g/mol. The number of carbonyl (C=O) groups is 1. The second-order valence-corrected chi connectivity index (χ2v) is 7.59. The average molecular weight is 343 g/mol. The number of aryl methyl sites for hydroxylation is 1. The minimum atomic E-state index is -0.0816. The number of nitrogens with zero attached hydrogens (tertiary/aromatic N) is 1. The summed E-state index contributed by atoms with van der Waals surface area (Å²) >= 11 is 3.02. The van der Waals surface area contributed by atoms with Crippen LogP contribution in [0, 0.1) is 11.3 Å². The molecule has 1 amide bonds. The van der Waals surface area contributed by atoms with Gasteiger partial charge in [-0.15, -0.1) is 23.1 Å². The Morgan fingerprint density at radius 2 is 2.04 bits per heavy atom. The van der Waals surface area contributed by atoms with Crippen molar-refractivity contribution < 1.29 is 4.79 Å². The van der Waals surface area contributed by atoms with E-state index in [0.717, 1.165) is 29.7 Å². The zero-order valence-electron chi connectivity index (χ0n) is 12.6. The fourth-order valence-electron chi connectivity index (χ4n) is 2.65. The van der Waals surface area contributed by atoms with Crippen molar-refractivity contribution in [2.75, 3.05) is 16.8 Å². The monoisotopic (exact) mass is 343 g/mol. The highest BCUT2D eigenvalue weighted by molar-refractivity contribution is 8.00. The summed E-state index contributed by atoms with van der Waals surface area (Å²) in [6, 6.07) is 9.71. The largest absolute Gasteiger partial charge is 0.399 e. The molecule has 1 aromatic carbocycles. The number of hydrogen-bond donors (Lipinski definition) is 2. The molecule has 0 spiro atoms. The van der Waals surface area contributed by atoms with Crippen molar-refractivity contribution in [3.8, 4) is 6.07 Å². The molecule has 1 aliphatic rings. The van der Waals surface area contributed by atoms with Crippen molar-refractivity contribution in [3.05, 3.63) is 40.3 Å². The number of fused-ring (bicyclic) bond motifs is 1. The zero-order valence-corrected chi connectivity index (χ0v) is 14.2. The Labute approximate surface area is 143 Å². The van der Waals surface area contributed by atoms with Gasteiger partial charge in [0.05, 0.1) is 11.3 Å². The van der Waals surface area contributed by atoms with Crippen LogP contribution in [0.15, 0.2) is 29.2 Å². The number of hydrogen-bond acceptors (Lipinski definition) is 5.